The second-order valence-corrected chi connectivity index (χ2v) is 2.95. The van der Waals surface area contributed by atoms with Crippen molar-refractivity contribution in [2.45, 2.75) is 19.3 Å². The van der Waals surface area contributed by atoms with Crippen LogP contribution < -0.4 is 0 Å². The van der Waals surface area contributed by atoms with E-state index in [0.29, 0.717) is 6.42 Å². The molecule has 0 N–H and O–H groups in total. The molecule has 0 saturated heterocycles. The summed E-state index contributed by atoms with van der Waals surface area (Å²) in [5.41, 5.74) is 1.11. The quantitative estimate of drug-likeness (QED) is 0.464. The summed E-state index contributed by atoms with van der Waals surface area (Å²) in [6.07, 6.45) is 6.51. The maximum Gasteiger partial charge on any atom is 0.0621 e. The highest BCUT2D eigenvalue weighted by molar-refractivity contribution is 8.01. The SMILES string of the molecule is C=C(/C=C\SC)CCCC#N. The first-order valence-corrected chi connectivity index (χ1v) is 4.84. The third-order valence-corrected chi connectivity index (χ3v) is 1.63. The summed E-state index contributed by atoms with van der Waals surface area (Å²) < 4.78 is 0. The maximum atomic E-state index is 8.25. The second-order valence-electron chi connectivity index (χ2n) is 2.21. The zero-order chi connectivity index (χ0) is 8.53. The van der Waals surface area contributed by atoms with Crippen molar-refractivity contribution >= 4 is 11.8 Å². The molecule has 0 spiro atoms. The lowest BCUT2D eigenvalue weighted by Crippen LogP contribution is -1.76. The van der Waals surface area contributed by atoms with Gasteiger partial charge in [0.05, 0.1) is 6.07 Å². The molecule has 0 rings (SSSR count). The smallest absolute Gasteiger partial charge is 0.0621 e. The monoisotopic (exact) mass is 167 g/mol. The van der Waals surface area contributed by atoms with Gasteiger partial charge in [0.25, 0.3) is 0 Å². The minimum absolute atomic E-state index is 0.631. The molecule has 0 aromatic carbocycles. The van der Waals surface area contributed by atoms with E-state index in [-0.39, 0.29) is 0 Å². The molecule has 0 aliphatic carbocycles. The highest BCUT2D eigenvalue weighted by Crippen LogP contribution is 2.07. The zero-order valence-corrected chi connectivity index (χ0v) is 7.66. The van der Waals surface area contributed by atoms with Gasteiger partial charge in [-0.2, -0.15) is 5.26 Å². The number of nitriles is 1. The Hall–Kier alpha value is -0.680. The molecule has 0 radical (unpaired) electrons. The van der Waals surface area contributed by atoms with Crippen molar-refractivity contribution in [1.29, 1.82) is 5.26 Å². The van der Waals surface area contributed by atoms with E-state index in [4.69, 9.17) is 5.26 Å². The third kappa shape index (κ3) is 7.21. The molecule has 0 aromatic heterocycles. The number of unbranched alkanes of at least 4 members (excludes halogenated alkanes) is 1. The Kier molecular flexibility index (Phi) is 6.97. The van der Waals surface area contributed by atoms with Gasteiger partial charge < -0.3 is 0 Å². The lowest BCUT2D eigenvalue weighted by molar-refractivity contribution is 0.856. The topological polar surface area (TPSA) is 23.8 Å². The van der Waals surface area contributed by atoms with Gasteiger partial charge in [-0.25, -0.2) is 0 Å². The zero-order valence-electron chi connectivity index (χ0n) is 6.84. The molecule has 2 heteroatoms. The summed E-state index contributed by atoms with van der Waals surface area (Å²) in [6, 6.07) is 2.11. The maximum absolute atomic E-state index is 8.25. The Balaban J connectivity index is 3.39. The van der Waals surface area contributed by atoms with Gasteiger partial charge in [-0.15, -0.1) is 11.8 Å². The van der Waals surface area contributed by atoms with Crippen LogP contribution in [0.25, 0.3) is 0 Å². The van der Waals surface area contributed by atoms with Crippen molar-refractivity contribution < 1.29 is 0 Å². The van der Waals surface area contributed by atoms with Crippen LogP contribution in [0.15, 0.2) is 23.6 Å². The molecule has 60 valence electrons. The molecule has 0 heterocycles. The largest absolute Gasteiger partial charge is 0.198 e. The van der Waals surface area contributed by atoms with Crippen LogP contribution in [0.2, 0.25) is 0 Å². The fourth-order valence-electron chi connectivity index (χ4n) is 0.642. The van der Waals surface area contributed by atoms with Gasteiger partial charge in [0.2, 0.25) is 0 Å². The summed E-state index contributed by atoms with van der Waals surface area (Å²) in [5, 5.41) is 10.3. The molecular weight excluding hydrogens is 154 g/mol. The molecule has 11 heavy (non-hydrogen) atoms. The first-order chi connectivity index (χ1) is 5.31. The summed E-state index contributed by atoms with van der Waals surface area (Å²) >= 11 is 1.66. The normalized spacial score (nSPS) is 9.82. The molecule has 0 bridgehead atoms. The highest BCUT2D eigenvalue weighted by Gasteiger charge is 1.88. The predicted molar refractivity (Wildman–Crippen MR) is 51.3 cm³/mol. The van der Waals surface area contributed by atoms with Gasteiger partial charge in [0.1, 0.15) is 0 Å². The summed E-state index contributed by atoms with van der Waals surface area (Å²) in [6.45, 7) is 3.85. The molecule has 0 atom stereocenters. The molecule has 0 aliphatic heterocycles. The molecule has 0 aliphatic rings. The number of thioether (sulfide) groups is 1. The van der Waals surface area contributed by atoms with E-state index in [0.717, 1.165) is 18.4 Å². The van der Waals surface area contributed by atoms with Crippen molar-refractivity contribution in [1.82, 2.24) is 0 Å². The summed E-state index contributed by atoms with van der Waals surface area (Å²) in [7, 11) is 0. The minimum Gasteiger partial charge on any atom is -0.198 e. The standard InChI is InChI=1S/C9H13NS/c1-9(6-8-11-2)5-3-4-7-10/h6,8H,1,3-5H2,2H3/b8-6-. The average molecular weight is 167 g/mol. The van der Waals surface area contributed by atoms with Crippen LogP contribution in [0, 0.1) is 11.3 Å². The highest BCUT2D eigenvalue weighted by atomic mass is 32.2. The van der Waals surface area contributed by atoms with Crippen molar-refractivity contribution in [3.63, 3.8) is 0 Å². The number of rotatable bonds is 5. The van der Waals surface area contributed by atoms with E-state index in [1.54, 1.807) is 11.8 Å². The van der Waals surface area contributed by atoms with Crippen LogP contribution in [0.3, 0.4) is 0 Å². The van der Waals surface area contributed by atoms with E-state index in [1.165, 1.54) is 0 Å². The van der Waals surface area contributed by atoms with Gasteiger partial charge in [-0.3, -0.25) is 0 Å². The van der Waals surface area contributed by atoms with Crippen molar-refractivity contribution in [3.8, 4) is 6.07 Å². The van der Waals surface area contributed by atoms with Crippen LogP contribution in [0.5, 0.6) is 0 Å². The first-order valence-electron chi connectivity index (χ1n) is 3.55. The summed E-state index contributed by atoms with van der Waals surface area (Å²) in [4.78, 5) is 0. The van der Waals surface area contributed by atoms with Gasteiger partial charge >= 0.3 is 0 Å². The van der Waals surface area contributed by atoms with Crippen molar-refractivity contribution in [3.05, 3.63) is 23.6 Å². The van der Waals surface area contributed by atoms with Gasteiger partial charge in [-0.05, 0) is 24.5 Å². The molecule has 0 unspecified atom stereocenters. The lowest BCUT2D eigenvalue weighted by atomic mass is 10.1. The lowest BCUT2D eigenvalue weighted by Gasteiger charge is -1.94. The van der Waals surface area contributed by atoms with E-state index < -0.39 is 0 Å². The fraction of sp³-hybridized carbons (Fsp3) is 0.444. The molecule has 0 aromatic rings. The van der Waals surface area contributed by atoms with Crippen molar-refractivity contribution in [2.75, 3.05) is 6.26 Å². The van der Waals surface area contributed by atoms with Crippen LogP contribution in [-0.4, -0.2) is 6.26 Å². The molecule has 1 nitrogen and oxygen atoms in total. The Bertz CT molecular complexity index is 176. The molecule has 0 fully saturated rings. The third-order valence-electron chi connectivity index (χ3n) is 1.23. The Labute approximate surface area is 72.8 Å². The van der Waals surface area contributed by atoms with Gasteiger partial charge in [0.15, 0.2) is 0 Å². The summed E-state index contributed by atoms with van der Waals surface area (Å²) in [5.74, 6) is 0. The molecular formula is C9H13NS. The Morgan fingerprint density at radius 3 is 3.00 bits per heavy atom. The number of nitrogens with zero attached hydrogens (tertiary/aromatic N) is 1. The first kappa shape index (κ1) is 10.3. The van der Waals surface area contributed by atoms with Crippen LogP contribution in [0.4, 0.5) is 0 Å². The molecule has 0 amide bonds. The number of allylic oxidation sites excluding steroid dienone is 2. The molecule has 0 saturated carbocycles. The number of hydrogen-bond acceptors (Lipinski definition) is 2. The number of hydrogen-bond donors (Lipinski definition) is 0. The predicted octanol–water partition coefficient (Wildman–Crippen LogP) is 3.11. The Morgan fingerprint density at radius 2 is 2.45 bits per heavy atom. The van der Waals surface area contributed by atoms with Crippen LogP contribution >= 0.6 is 11.8 Å². The Morgan fingerprint density at radius 1 is 1.73 bits per heavy atom. The van der Waals surface area contributed by atoms with E-state index in [2.05, 4.69) is 12.6 Å². The minimum atomic E-state index is 0.631. The average Bonchev–Trinajstić information content (AvgIpc) is 2.01. The fourth-order valence-corrected chi connectivity index (χ4v) is 0.971. The second kappa shape index (κ2) is 7.43. The van der Waals surface area contributed by atoms with Crippen molar-refractivity contribution in [2.24, 2.45) is 0 Å². The van der Waals surface area contributed by atoms with Gasteiger partial charge in [-0.1, -0.05) is 18.2 Å². The van der Waals surface area contributed by atoms with E-state index >= 15 is 0 Å². The van der Waals surface area contributed by atoms with E-state index in [1.807, 2.05) is 17.7 Å². The van der Waals surface area contributed by atoms with E-state index in [9.17, 15) is 0 Å². The van der Waals surface area contributed by atoms with Gasteiger partial charge in [0, 0.05) is 6.42 Å². The van der Waals surface area contributed by atoms with Crippen LogP contribution in [0.1, 0.15) is 19.3 Å². The van der Waals surface area contributed by atoms with Crippen LogP contribution in [-0.2, 0) is 0 Å².